The van der Waals surface area contributed by atoms with Crippen LogP contribution in [0, 0.1) is 6.92 Å². The van der Waals surface area contributed by atoms with Crippen molar-refractivity contribution in [3.8, 4) is 0 Å². The van der Waals surface area contributed by atoms with Crippen molar-refractivity contribution in [2.45, 2.75) is 25.5 Å². The summed E-state index contributed by atoms with van der Waals surface area (Å²) in [5.74, 6) is 0.0604. The molecule has 0 fully saturated rings. The number of carbonyl (C=O) groups is 2. The van der Waals surface area contributed by atoms with Crippen molar-refractivity contribution < 1.29 is 9.59 Å². The van der Waals surface area contributed by atoms with Crippen molar-refractivity contribution in [2.75, 3.05) is 11.1 Å². The summed E-state index contributed by atoms with van der Waals surface area (Å²) in [6, 6.07) is 22.2. The number of anilines is 1. The van der Waals surface area contributed by atoms with E-state index in [-0.39, 0.29) is 23.0 Å². The fourth-order valence-corrected chi connectivity index (χ4v) is 4.80. The summed E-state index contributed by atoms with van der Waals surface area (Å²) in [6.07, 6.45) is 0. The van der Waals surface area contributed by atoms with Crippen LogP contribution in [0.25, 0.3) is 16.7 Å². The maximum Gasteiger partial charge on any atom is 0.263 e. The van der Waals surface area contributed by atoms with E-state index in [1.807, 2.05) is 53.8 Å². The molecule has 0 unspecified atom stereocenters. The average molecular weight is 498 g/mol. The van der Waals surface area contributed by atoms with Gasteiger partial charge in [-0.05, 0) is 43.7 Å². The van der Waals surface area contributed by atoms with Gasteiger partial charge in [0.15, 0.2) is 10.9 Å². The maximum absolute atomic E-state index is 13.4. The highest BCUT2D eigenvalue weighted by molar-refractivity contribution is 7.99. The average Bonchev–Trinajstić information content (AvgIpc) is 3.31. The molecule has 2 aromatic heterocycles. The Kier molecular flexibility index (Phi) is 6.39. The Labute approximate surface area is 211 Å². The third-order valence-electron chi connectivity index (χ3n) is 5.85. The van der Waals surface area contributed by atoms with Crippen LogP contribution in [0.3, 0.4) is 0 Å². The van der Waals surface area contributed by atoms with Crippen molar-refractivity contribution in [1.82, 2.24) is 19.2 Å². The lowest BCUT2D eigenvalue weighted by atomic mass is 10.1. The van der Waals surface area contributed by atoms with Crippen molar-refractivity contribution in [1.29, 1.82) is 0 Å². The Morgan fingerprint density at radius 1 is 0.944 bits per heavy atom. The van der Waals surface area contributed by atoms with Crippen LogP contribution < -0.4 is 10.9 Å². The summed E-state index contributed by atoms with van der Waals surface area (Å²) in [5.41, 5.74) is 3.56. The van der Waals surface area contributed by atoms with Crippen molar-refractivity contribution >= 4 is 45.8 Å². The number of fused-ring (bicyclic) bond motifs is 3. The SMILES string of the molecule is CC(=O)c1ccccc1NC(=O)CSc1nnc2n(Cc3ccc(C)cc3)c(=O)c3ccccc3n12. The topological polar surface area (TPSA) is 98.4 Å². The number of aryl methyl sites for hydroxylation is 1. The minimum Gasteiger partial charge on any atom is -0.325 e. The van der Waals surface area contributed by atoms with Crippen LogP contribution in [0.2, 0.25) is 0 Å². The highest BCUT2D eigenvalue weighted by atomic mass is 32.2. The van der Waals surface area contributed by atoms with Gasteiger partial charge in [0.25, 0.3) is 5.56 Å². The zero-order valence-electron chi connectivity index (χ0n) is 19.8. The molecule has 2 heterocycles. The molecular formula is C27H23N5O3S. The number of rotatable bonds is 7. The first-order valence-electron chi connectivity index (χ1n) is 11.4. The number of benzene rings is 3. The predicted molar refractivity (Wildman–Crippen MR) is 141 cm³/mol. The third kappa shape index (κ3) is 4.52. The first kappa shape index (κ1) is 23.5. The van der Waals surface area contributed by atoms with Crippen molar-refractivity contribution in [3.63, 3.8) is 0 Å². The number of amides is 1. The standard InChI is InChI=1S/C27H23N5O3S/c1-17-11-13-19(14-12-17)15-31-25(35)21-8-4-6-10-23(21)32-26(31)29-30-27(32)36-16-24(34)28-22-9-5-3-7-20(22)18(2)33/h3-14H,15-16H2,1-2H3,(H,28,34). The van der Waals surface area contributed by atoms with Gasteiger partial charge in [-0.25, -0.2) is 0 Å². The molecule has 36 heavy (non-hydrogen) atoms. The molecule has 0 bridgehead atoms. The molecule has 1 N–H and O–H groups in total. The second-order valence-corrected chi connectivity index (χ2v) is 9.39. The zero-order valence-corrected chi connectivity index (χ0v) is 20.6. The quantitative estimate of drug-likeness (QED) is 0.265. The smallest absolute Gasteiger partial charge is 0.263 e. The highest BCUT2D eigenvalue weighted by Gasteiger charge is 2.18. The van der Waals surface area contributed by atoms with Gasteiger partial charge < -0.3 is 5.32 Å². The van der Waals surface area contributed by atoms with Crippen LogP contribution in [0.4, 0.5) is 5.69 Å². The monoisotopic (exact) mass is 497 g/mol. The Morgan fingerprint density at radius 3 is 2.44 bits per heavy atom. The molecule has 0 aliphatic rings. The van der Waals surface area contributed by atoms with Crippen LogP contribution >= 0.6 is 11.8 Å². The van der Waals surface area contributed by atoms with E-state index >= 15 is 0 Å². The fourth-order valence-electron chi connectivity index (χ4n) is 4.06. The van der Waals surface area contributed by atoms with E-state index in [0.29, 0.717) is 39.6 Å². The van der Waals surface area contributed by atoms with Gasteiger partial charge in [0, 0.05) is 5.56 Å². The predicted octanol–water partition coefficient (Wildman–Crippen LogP) is 4.33. The number of nitrogens with one attached hydrogen (secondary N) is 1. The molecule has 0 aliphatic heterocycles. The minimum atomic E-state index is -0.275. The summed E-state index contributed by atoms with van der Waals surface area (Å²) >= 11 is 1.21. The van der Waals surface area contributed by atoms with E-state index in [2.05, 4.69) is 15.5 Å². The van der Waals surface area contributed by atoms with Gasteiger partial charge in [0.05, 0.1) is 28.9 Å². The molecule has 180 valence electrons. The molecule has 0 spiro atoms. The molecule has 0 atom stereocenters. The summed E-state index contributed by atoms with van der Waals surface area (Å²) in [5, 5.41) is 12.5. The molecule has 8 nitrogen and oxygen atoms in total. The third-order valence-corrected chi connectivity index (χ3v) is 6.78. The Balaban J connectivity index is 1.48. The fraction of sp³-hybridized carbons (Fsp3) is 0.148. The van der Waals surface area contributed by atoms with Crippen molar-refractivity contribution in [2.24, 2.45) is 0 Å². The van der Waals surface area contributed by atoms with Gasteiger partial charge in [-0.2, -0.15) is 0 Å². The Hall–Kier alpha value is -4.24. The highest BCUT2D eigenvalue weighted by Crippen LogP contribution is 2.23. The van der Waals surface area contributed by atoms with Gasteiger partial charge in [0.1, 0.15) is 0 Å². The molecule has 1 amide bonds. The lowest BCUT2D eigenvalue weighted by Crippen LogP contribution is -2.24. The van der Waals surface area contributed by atoms with E-state index in [1.165, 1.54) is 18.7 Å². The van der Waals surface area contributed by atoms with Gasteiger partial charge >= 0.3 is 0 Å². The normalized spacial score (nSPS) is 11.2. The van der Waals surface area contributed by atoms with Gasteiger partial charge in [-0.3, -0.25) is 23.4 Å². The molecular weight excluding hydrogens is 474 g/mol. The number of para-hydroxylation sites is 2. The first-order chi connectivity index (χ1) is 17.4. The van der Waals surface area contributed by atoms with Crippen LogP contribution in [-0.4, -0.2) is 36.6 Å². The molecule has 0 aliphatic carbocycles. The second kappa shape index (κ2) is 9.79. The Bertz CT molecular complexity index is 1670. The van der Waals surface area contributed by atoms with E-state index < -0.39 is 0 Å². The summed E-state index contributed by atoms with van der Waals surface area (Å²) in [6.45, 7) is 3.82. The van der Waals surface area contributed by atoms with E-state index in [9.17, 15) is 14.4 Å². The molecule has 9 heteroatoms. The number of Topliss-reactive ketones (excluding diaryl/α,β-unsaturated/α-hetero) is 1. The Morgan fingerprint density at radius 2 is 1.67 bits per heavy atom. The van der Waals surface area contributed by atoms with Crippen LogP contribution in [0.15, 0.2) is 82.7 Å². The molecule has 3 aromatic carbocycles. The lowest BCUT2D eigenvalue weighted by Gasteiger charge is -2.12. The number of thioether (sulfide) groups is 1. The molecule has 5 aromatic rings. The number of hydrogen-bond acceptors (Lipinski definition) is 6. The molecule has 0 saturated carbocycles. The lowest BCUT2D eigenvalue weighted by molar-refractivity contribution is -0.113. The molecule has 5 rings (SSSR count). The molecule has 0 radical (unpaired) electrons. The summed E-state index contributed by atoms with van der Waals surface area (Å²) in [7, 11) is 0. The van der Waals surface area contributed by atoms with Gasteiger partial charge in [0.2, 0.25) is 11.7 Å². The minimum absolute atomic E-state index is 0.0540. The maximum atomic E-state index is 13.4. The van der Waals surface area contributed by atoms with Crippen LogP contribution in [-0.2, 0) is 11.3 Å². The zero-order chi connectivity index (χ0) is 25.2. The van der Waals surface area contributed by atoms with E-state index in [4.69, 9.17) is 0 Å². The van der Waals surface area contributed by atoms with Gasteiger partial charge in [-0.1, -0.05) is 65.9 Å². The van der Waals surface area contributed by atoms with Crippen LogP contribution in [0.1, 0.15) is 28.4 Å². The summed E-state index contributed by atoms with van der Waals surface area (Å²) < 4.78 is 3.42. The van der Waals surface area contributed by atoms with Crippen LogP contribution in [0.5, 0.6) is 0 Å². The number of hydrogen-bond donors (Lipinski definition) is 1. The number of aromatic nitrogens is 4. The van der Waals surface area contributed by atoms with E-state index in [0.717, 1.165) is 11.1 Å². The van der Waals surface area contributed by atoms with Gasteiger partial charge in [-0.15, -0.1) is 10.2 Å². The number of ketones is 1. The van der Waals surface area contributed by atoms with Crippen molar-refractivity contribution in [3.05, 3.63) is 99.8 Å². The summed E-state index contributed by atoms with van der Waals surface area (Å²) in [4.78, 5) is 37.9. The second-order valence-electron chi connectivity index (χ2n) is 8.45. The van der Waals surface area contributed by atoms with E-state index in [1.54, 1.807) is 34.9 Å². The number of nitrogens with zero attached hydrogens (tertiary/aromatic N) is 4. The largest absolute Gasteiger partial charge is 0.325 e. The first-order valence-corrected chi connectivity index (χ1v) is 12.4. The number of carbonyl (C=O) groups excluding carboxylic acids is 2. The molecule has 0 saturated heterocycles.